The van der Waals surface area contributed by atoms with E-state index in [1.165, 1.54) is 16.7 Å². The molecule has 1 amide bonds. The Morgan fingerprint density at radius 3 is 2.48 bits per heavy atom. The molecule has 0 bridgehead atoms. The van der Waals surface area contributed by atoms with Gasteiger partial charge in [0, 0.05) is 35.3 Å². The van der Waals surface area contributed by atoms with E-state index in [2.05, 4.69) is 0 Å². The molecule has 1 N–H and O–H groups in total. The van der Waals surface area contributed by atoms with Crippen molar-refractivity contribution in [3.8, 4) is 22.7 Å². The first-order valence-electron chi connectivity index (χ1n) is 12.5. The maximum absolute atomic E-state index is 13.1. The summed E-state index contributed by atoms with van der Waals surface area (Å²) in [5.41, 5.74) is 4.20. The fourth-order valence-corrected chi connectivity index (χ4v) is 5.53. The van der Waals surface area contributed by atoms with Gasteiger partial charge < -0.3 is 9.84 Å². The number of halogens is 1. The van der Waals surface area contributed by atoms with Crippen LogP contribution in [0.3, 0.4) is 0 Å². The molecule has 0 unspecified atom stereocenters. The van der Waals surface area contributed by atoms with Crippen LogP contribution in [0, 0.1) is 0 Å². The van der Waals surface area contributed by atoms with E-state index in [0.29, 0.717) is 38.7 Å². The fourth-order valence-electron chi connectivity index (χ4n) is 4.11. The van der Waals surface area contributed by atoms with E-state index in [-0.39, 0.29) is 18.9 Å². The molecule has 2 heterocycles. The third kappa shape index (κ3) is 6.62. The van der Waals surface area contributed by atoms with E-state index in [4.69, 9.17) is 38.8 Å². The van der Waals surface area contributed by atoms with Crippen LogP contribution in [0.4, 0.5) is 0 Å². The van der Waals surface area contributed by atoms with Gasteiger partial charge in [0.2, 0.25) is 0 Å². The number of thioether (sulfide) groups is 1. The number of aromatic nitrogens is 2. The van der Waals surface area contributed by atoms with Crippen LogP contribution in [-0.2, 0) is 16.2 Å². The number of thiocarbonyl (C=S) groups is 1. The molecule has 0 saturated carbocycles. The molecule has 0 atom stereocenters. The first-order chi connectivity index (χ1) is 19.4. The number of hydrogen-bond donors (Lipinski definition) is 1. The summed E-state index contributed by atoms with van der Waals surface area (Å²) < 4.78 is 8.13. The van der Waals surface area contributed by atoms with Crippen molar-refractivity contribution in [2.45, 2.75) is 19.4 Å². The Balaban J connectivity index is 1.40. The molecule has 202 valence electrons. The zero-order chi connectivity index (χ0) is 28.1. The van der Waals surface area contributed by atoms with Crippen LogP contribution < -0.4 is 4.74 Å². The average Bonchev–Trinajstić information content (AvgIpc) is 3.49. The molecule has 10 heteroatoms. The third-order valence-corrected chi connectivity index (χ3v) is 7.77. The van der Waals surface area contributed by atoms with Crippen LogP contribution in [0.2, 0.25) is 5.02 Å². The van der Waals surface area contributed by atoms with Crippen LogP contribution in [-0.4, -0.2) is 42.5 Å². The van der Waals surface area contributed by atoms with Crippen molar-refractivity contribution in [3.05, 3.63) is 106 Å². The molecule has 1 aromatic heterocycles. The summed E-state index contributed by atoms with van der Waals surface area (Å²) in [5, 5.41) is 14.5. The quantitative estimate of drug-likeness (QED) is 0.160. The summed E-state index contributed by atoms with van der Waals surface area (Å²) in [6.45, 7) is 0.681. The van der Waals surface area contributed by atoms with Gasteiger partial charge in [0.1, 0.15) is 16.7 Å². The van der Waals surface area contributed by atoms with E-state index in [1.807, 2.05) is 85.1 Å². The van der Waals surface area contributed by atoms with Crippen molar-refractivity contribution >= 4 is 57.9 Å². The van der Waals surface area contributed by atoms with Crippen LogP contribution in [0.1, 0.15) is 24.0 Å². The molecule has 3 aromatic carbocycles. The number of nitrogens with zero attached hydrogens (tertiary/aromatic N) is 3. The van der Waals surface area contributed by atoms with Crippen LogP contribution in [0.25, 0.3) is 23.0 Å². The molecule has 1 fully saturated rings. The highest BCUT2D eigenvalue weighted by atomic mass is 35.5. The highest BCUT2D eigenvalue weighted by Crippen LogP contribution is 2.35. The number of benzene rings is 3. The standard InChI is InChI=1S/C30H24ClN3O4S2/c31-23-12-8-20(9-13-23)19-38-25-14-10-21(11-15-25)28-22(18-34(32-28)24-5-2-1-3-6-24)17-26-29(37)33(30(39)40-26)16-4-7-27(35)36/h1-3,5-6,8-15,17-18H,4,7,16,19H2,(H,35,36). The largest absolute Gasteiger partial charge is 0.489 e. The minimum Gasteiger partial charge on any atom is -0.489 e. The van der Waals surface area contributed by atoms with E-state index in [1.54, 1.807) is 10.8 Å². The van der Waals surface area contributed by atoms with Gasteiger partial charge in [-0.15, -0.1) is 0 Å². The van der Waals surface area contributed by atoms with Gasteiger partial charge in [-0.25, -0.2) is 4.68 Å². The summed E-state index contributed by atoms with van der Waals surface area (Å²) in [6, 6.07) is 24.9. The maximum Gasteiger partial charge on any atom is 0.303 e. The number of carboxylic acid groups (broad SMARTS) is 1. The summed E-state index contributed by atoms with van der Waals surface area (Å²) in [6.07, 6.45) is 3.98. The molecule has 0 spiro atoms. The van der Waals surface area contributed by atoms with Crippen molar-refractivity contribution in [1.29, 1.82) is 0 Å². The molecule has 1 aliphatic rings. The number of carbonyl (C=O) groups excluding carboxylic acids is 1. The Morgan fingerprint density at radius 1 is 1.05 bits per heavy atom. The van der Waals surface area contributed by atoms with Crippen LogP contribution in [0.15, 0.2) is 90.0 Å². The van der Waals surface area contributed by atoms with E-state index in [0.717, 1.165) is 22.4 Å². The molecule has 7 nitrogen and oxygen atoms in total. The molecule has 5 rings (SSSR count). The number of amides is 1. The lowest BCUT2D eigenvalue weighted by molar-refractivity contribution is -0.137. The van der Waals surface area contributed by atoms with E-state index >= 15 is 0 Å². The maximum atomic E-state index is 13.1. The molecule has 1 aliphatic heterocycles. The Labute approximate surface area is 246 Å². The van der Waals surface area contributed by atoms with E-state index in [9.17, 15) is 9.59 Å². The number of hydrogen-bond acceptors (Lipinski definition) is 6. The van der Waals surface area contributed by atoms with Crippen molar-refractivity contribution in [2.24, 2.45) is 0 Å². The number of para-hydroxylation sites is 1. The number of ether oxygens (including phenoxy) is 1. The molecule has 0 aliphatic carbocycles. The minimum absolute atomic E-state index is 0.0243. The Hall–Kier alpha value is -3.92. The van der Waals surface area contributed by atoms with Crippen LogP contribution in [0.5, 0.6) is 5.75 Å². The first-order valence-corrected chi connectivity index (χ1v) is 14.1. The minimum atomic E-state index is -0.902. The van der Waals surface area contributed by atoms with Gasteiger partial charge in [-0.3, -0.25) is 14.5 Å². The topological polar surface area (TPSA) is 84.7 Å². The highest BCUT2D eigenvalue weighted by molar-refractivity contribution is 8.26. The van der Waals surface area contributed by atoms with Gasteiger partial charge in [-0.1, -0.05) is 65.9 Å². The van der Waals surface area contributed by atoms with Gasteiger partial charge in [-0.05, 0) is 66.6 Å². The zero-order valence-electron chi connectivity index (χ0n) is 21.2. The monoisotopic (exact) mass is 589 g/mol. The lowest BCUT2D eigenvalue weighted by Crippen LogP contribution is -2.29. The van der Waals surface area contributed by atoms with Gasteiger partial charge in [0.15, 0.2) is 0 Å². The summed E-state index contributed by atoms with van der Waals surface area (Å²) in [4.78, 5) is 25.9. The molecular formula is C30H24ClN3O4S2. The number of carbonyl (C=O) groups is 2. The summed E-state index contributed by atoms with van der Waals surface area (Å²) in [7, 11) is 0. The lowest BCUT2D eigenvalue weighted by Gasteiger charge is -2.13. The summed E-state index contributed by atoms with van der Waals surface area (Å²) >= 11 is 12.6. The summed E-state index contributed by atoms with van der Waals surface area (Å²) in [5.74, 6) is -0.421. The number of carboxylic acids is 1. The predicted octanol–water partition coefficient (Wildman–Crippen LogP) is 6.84. The molecule has 0 radical (unpaired) electrons. The number of aliphatic carboxylic acids is 1. The average molecular weight is 590 g/mol. The van der Waals surface area contributed by atoms with Gasteiger partial charge in [0.25, 0.3) is 5.91 Å². The molecule has 40 heavy (non-hydrogen) atoms. The van der Waals surface area contributed by atoms with Gasteiger partial charge in [0.05, 0.1) is 16.3 Å². The SMILES string of the molecule is O=C(O)CCCN1C(=O)C(=Cc2cn(-c3ccccc3)nc2-c2ccc(OCc3ccc(Cl)cc3)cc2)SC1=S. The van der Waals surface area contributed by atoms with Gasteiger partial charge >= 0.3 is 5.97 Å². The Morgan fingerprint density at radius 2 is 1.77 bits per heavy atom. The van der Waals surface area contributed by atoms with Crippen molar-refractivity contribution < 1.29 is 19.4 Å². The first kappa shape index (κ1) is 27.6. The number of rotatable bonds is 10. The molecule has 1 saturated heterocycles. The fraction of sp³-hybridized carbons (Fsp3) is 0.133. The second kappa shape index (κ2) is 12.5. The van der Waals surface area contributed by atoms with Crippen molar-refractivity contribution in [3.63, 3.8) is 0 Å². The molecule has 4 aromatic rings. The smallest absolute Gasteiger partial charge is 0.303 e. The van der Waals surface area contributed by atoms with Gasteiger partial charge in [-0.2, -0.15) is 5.10 Å². The Bertz CT molecular complexity index is 1570. The highest BCUT2D eigenvalue weighted by Gasteiger charge is 2.32. The Kier molecular flexibility index (Phi) is 8.64. The van der Waals surface area contributed by atoms with Crippen molar-refractivity contribution in [2.75, 3.05) is 6.54 Å². The second-order valence-corrected chi connectivity index (χ2v) is 11.1. The normalized spacial score (nSPS) is 14.2. The second-order valence-electron chi connectivity index (χ2n) is 8.98. The zero-order valence-corrected chi connectivity index (χ0v) is 23.6. The van der Waals surface area contributed by atoms with Crippen molar-refractivity contribution in [1.82, 2.24) is 14.7 Å². The van der Waals surface area contributed by atoms with E-state index < -0.39 is 5.97 Å². The third-order valence-electron chi connectivity index (χ3n) is 6.14. The lowest BCUT2D eigenvalue weighted by atomic mass is 10.1. The molecular weight excluding hydrogens is 566 g/mol. The predicted molar refractivity (Wildman–Crippen MR) is 162 cm³/mol. The van der Waals surface area contributed by atoms with Crippen LogP contribution >= 0.6 is 35.6 Å².